The molecule has 1 unspecified atom stereocenters. The summed E-state index contributed by atoms with van der Waals surface area (Å²) in [5, 5.41) is 2.49. The lowest BCUT2D eigenvalue weighted by atomic mass is 10.1. The van der Waals surface area contributed by atoms with Gasteiger partial charge in [0.25, 0.3) is 0 Å². The second kappa shape index (κ2) is 8.79. The second-order valence-corrected chi connectivity index (χ2v) is 3.80. The topological polar surface area (TPSA) is 64.3 Å². The number of nitrogens with two attached hydrogens (primary N) is 1. The average Bonchev–Trinajstić information content (AvgIpc) is 2.33. The molecule has 1 amide bonds. The highest BCUT2D eigenvalue weighted by atomic mass is 35.5. The molecule has 0 fully saturated rings. The van der Waals surface area contributed by atoms with Gasteiger partial charge in [0.1, 0.15) is 17.7 Å². The Morgan fingerprint density at radius 3 is 2.53 bits per heavy atom. The van der Waals surface area contributed by atoms with Crippen LogP contribution in [0.15, 0.2) is 18.2 Å². The first-order valence-electron chi connectivity index (χ1n) is 5.51. The Morgan fingerprint density at radius 1 is 1.42 bits per heavy atom. The molecule has 0 spiro atoms. The summed E-state index contributed by atoms with van der Waals surface area (Å²) in [4.78, 5) is 11.4. The molecule has 0 heterocycles. The van der Waals surface area contributed by atoms with Gasteiger partial charge in [0, 0.05) is 19.2 Å². The molecule has 1 rings (SSSR count). The van der Waals surface area contributed by atoms with Gasteiger partial charge >= 0.3 is 0 Å². The van der Waals surface area contributed by atoms with Gasteiger partial charge in [-0.2, -0.15) is 0 Å². The molecule has 0 aromatic heterocycles. The van der Waals surface area contributed by atoms with Gasteiger partial charge in [-0.15, -0.1) is 12.4 Å². The molecule has 0 bridgehead atoms. The SMILES string of the molecule is COCC(N)C(=O)NCCc1c(F)cccc1F.Cl. The summed E-state index contributed by atoms with van der Waals surface area (Å²) >= 11 is 0. The van der Waals surface area contributed by atoms with Crippen LogP contribution < -0.4 is 11.1 Å². The van der Waals surface area contributed by atoms with E-state index >= 15 is 0 Å². The molecule has 0 radical (unpaired) electrons. The molecular weight excluding hydrogens is 278 g/mol. The van der Waals surface area contributed by atoms with Gasteiger partial charge in [0.05, 0.1) is 6.61 Å². The van der Waals surface area contributed by atoms with E-state index < -0.39 is 23.6 Å². The van der Waals surface area contributed by atoms with E-state index in [1.807, 2.05) is 0 Å². The first-order chi connectivity index (χ1) is 8.56. The van der Waals surface area contributed by atoms with Crippen molar-refractivity contribution in [2.45, 2.75) is 12.5 Å². The highest BCUT2D eigenvalue weighted by molar-refractivity contribution is 5.85. The Balaban J connectivity index is 0.00000324. The Kier molecular flexibility index (Phi) is 8.22. The summed E-state index contributed by atoms with van der Waals surface area (Å²) in [6.45, 7) is 0.216. The van der Waals surface area contributed by atoms with E-state index in [1.165, 1.54) is 25.3 Å². The Bertz CT molecular complexity index is 398. The van der Waals surface area contributed by atoms with Gasteiger partial charge in [-0.25, -0.2) is 8.78 Å². The lowest BCUT2D eigenvalue weighted by Crippen LogP contribution is -2.44. The number of benzene rings is 1. The number of hydrogen-bond acceptors (Lipinski definition) is 3. The van der Waals surface area contributed by atoms with Crippen molar-refractivity contribution < 1.29 is 18.3 Å². The molecule has 3 N–H and O–H groups in total. The fourth-order valence-electron chi connectivity index (χ4n) is 1.47. The van der Waals surface area contributed by atoms with Crippen molar-refractivity contribution in [3.8, 4) is 0 Å². The van der Waals surface area contributed by atoms with Crippen LogP contribution in [0.1, 0.15) is 5.56 Å². The van der Waals surface area contributed by atoms with E-state index in [9.17, 15) is 13.6 Å². The predicted octanol–water partition coefficient (Wildman–Crippen LogP) is 1.02. The number of nitrogens with one attached hydrogen (secondary N) is 1. The molecule has 19 heavy (non-hydrogen) atoms. The Labute approximate surface area is 116 Å². The molecular formula is C12H17ClF2N2O2. The maximum atomic E-state index is 13.3. The minimum Gasteiger partial charge on any atom is -0.383 e. The smallest absolute Gasteiger partial charge is 0.239 e. The highest BCUT2D eigenvalue weighted by Gasteiger charge is 2.13. The van der Waals surface area contributed by atoms with Crippen molar-refractivity contribution in [2.75, 3.05) is 20.3 Å². The van der Waals surface area contributed by atoms with Crippen LogP contribution in [-0.4, -0.2) is 32.2 Å². The van der Waals surface area contributed by atoms with Crippen molar-refractivity contribution in [1.82, 2.24) is 5.32 Å². The van der Waals surface area contributed by atoms with Crippen molar-refractivity contribution in [2.24, 2.45) is 5.73 Å². The van der Waals surface area contributed by atoms with Crippen molar-refractivity contribution in [3.63, 3.8) is 0 Å². The summed E-state index contributed by atoms with van der Waals surface area (Å²) < 4.78 is 31.2. The molecule has 0 saturated carbocycles. The number of hydrogen-bond donors (Lipinski definition) is 2. The summed E-state index contributed by atoms with van der Waals surface area (Å²) in [5.41, 5.74) is 5.44. The molecule has 108 valence electrons. The lowest BCUT2D eigenvalue weighted by molar-refractivity contribution is -0.123. The van der Waals surface area contributed by atoms with Gasteiger partial charge in [0.15, 0.2) is 0 Å². The highest BCUT2D eigenvalue weighted by Crippen LogP contribution is 2.11. The summed E-state index contributed by atoms with van der Waals surface area (Å²) in [7, 11) is 1.43. The van der Waals surface area contributed by atoms with Crippen LogP contribution in [0, 0.1) is 11.6 Å². The Hall–Kier alpha value is -1.24. The molecule has 0 saturated heterocycles. The van der Waals surface area contributed by atoms with E-state index in [1.54, 1.807) is 0 Å². The maximum absolute atomic E-state index is 13.3. The normalized spacial score (nSPS) is 11.6. The molecule has 1 aromatic carbocycles. The van der Waals surface area contributed by atoms with Gasteiger partial charge in [-0.3, -0.25) is 4.79 Å². The second-order valence-electron chi connectivity index (χ2n) is 3.80. The van der Waals surface area contributed by atoms with Gasteiger partial charge < -0.3 is 15.8 Å². The lowest BCUT2D eigenvalue weighted by Gasteiger charge is -2.11. The number of rotatable bonds is 6. The third-order valence-corrected chi connectivity index (χ3v) is 2.42. The standard InChI is InChI=1S/C12H16F2N2O2.ClH/c1-18-7-11(15)12(17)16-6-5-8-9(13)3-2-4-10(8)14;/h2-4,11H,5-7,15H2,1H3,(H,16,17);1H. The number of methoxy groups -OCH3 is 1. The zero-order valence-electron chi connectivity index (χ0n) is 10.5. The molecule has 4 nitrogen and oxygen atoms in total. The molecule has 7 heteroatoms. The molecule has 0 aliphatic carbocycles. The predicted molar refractivity (Wildman–Crippen MR) is 70.2 cm³/mol. The largest absolute Gasteiger partial charge is 0.383 e. The van der Waals surface area contributed by atoms with Gasteiger partial charge in [0.2, 0.25) is 5.91 Å². The van der Waals surface area contributed by atoms with E-state index in [2.05, 4.69) is 5.32 Å². The molecule has 1 aromatic rings. The maximum Gasteiger partial charge on any atom is 0.239 e. The summed E-state index contributed by atoms with van der Waals surface area (Å²) in [6, 6.07) is 2.87. The van der Waals surface area contributed by atoms with E-state index in [0.717, 1.165) is 0 Å². The van der Waals surface area contributed by atoms with Crippen LogP contribution >= 0.6 is 12.4 Å². The van der Waals surface area contributed by atoms with Gasteiger partial charge in [-0.05, 0) is 18.6 Å². The van der Waals surface area contributed by atoms with Crippen LogP contribution in [-0.2, 0) is 16.0 Å². The van der Waals surface area contributed by atoms with Crippen LogP contribution in [0.2, 0.25) is 0 Å². The quantitative estimate of drug-likeness (QED) is 0.823. The van der Waals surface area contributed by atoms with Crippen LogP contribution in [0.4, 0.5) is 8.78 Å². The number of amides is 1. The van der Waals surface area contributed by atoms with E-state index in [4.69, 9.17) is 10.5 Å². The number of halogens is 3. The van der Waals surface area contributed by atoms with Crippen molar-refractivity contribution in [3.05, 3.63) is 35.4 Å². The average molecular weight is 295 g/mol. The summed E-state index contributed by atoms with van der Waals surface area (Å²) in [6.07, 6.45) is 0.0734. The number of carbonyl (C=O) groups is 1. The van der Waals surface area contributed by atoms with Gasteiger partial charge in [-0.1, -0.05) is 6.07 Å². The monoisotopic (exact) mass is 294 g/mol. The van der Waals surface area contributed by atoms with Crippen LogP contribution in [0.3, 0.4) is 0 Å². The van der Waals surface area contributed by atoms with Crippen LogP contribution in [0.25, 0.3) is 0 Å². The minimum atomic E-state index is -0.777. The zero-order valence-corrected chi connectivity index (χ0v) is 11.3. The molecule has 1 atom stereocenters. The van der Waals surface area contributed by atoms with Crippen molar-refractivity contribution >= 4 is 18.3 Å². The van der Waals surface area contributed by atoms with E-state index in [0.29, 0.717) is 0 Å². The van der Waals surface area contributed by atoms with Crippen molar-refractivity contribution in [1.29, 1.82) is 0 Å². The molecule has 0 aliphatic heterocycles. The fourth-order valence-corrected chi connectivity index (χ4v) is 1.47. The van der Waals surface area contributed by atoms with E-state index in [-0.39, 0.29) is 37.5 Å². The fraction of sp³-hybridized carbons (Fsp3) is 0.417. The first-order valence-corrected chi connectivity index (χ1v) is 5.51. The third-order valence-electron chi connectivity index (χ3n) is 2.42. The number of ether oxygens (including phenoxy) is 1. The van der Waals surface area contributed by atoms with Crippen LogP contribution in [0.5, 0.6) is 0 Å². The zero-order chi connectivity index (χ0) is 13.5. The molecule has 0 aliphatic rings. The Morgan fingerprint density at radius 2 is 2.00 bits per heavy atom. The number of carbonyl (C=O) groups excluding carboxylic acids is 1. The minimum absolute atomic E-state index is 0. The third kappa shape index (κ3) is 5.50. The first kappa shape index (κ1) is 17.8. The summed E-state index contributed by atoms with van der Waals surface area (Å²) in [5.74, 6) is -1.65.